The number of nitrogens with two attached hydrogens (primary N) is 1. The maximum Gasteiger partial charge on any atom is 0.516 e. The third-order valence-electron chi connectivity index (χ3n) is 3.61. The van der Waals surface area contributed by atoms with Crippen LogP contribution in [0.1, 0.15) is 43.6 Å². The summed E-state index contributed by atoms with van der Waals surface area (Å²) >= 11 is 0. The van der Waals surface area contributed by atoms with Crippen LogP contribution in [0.5, 0.6) is 0 Å². The molecule has 3 N–H and O–H groups in total. The van der Waals surface area contributed by atoms with Crippen molar-refractivity contribution in [3.05, 3.63) is 23.8 Å². The quantitative estimate of drug-likeness (QED) is 0.836. The predicted octanol–water partition coefficient (Wildman–Crippen LogP) is 3.58. The molecule has 0 radical (unpaired) electrons. The first-order valence-corrected chi connectivity index (χ1v) is 8.17. The molecule has 1 aromatic rings. The van der Waals surface area contributed by atoms with Crippen LogP contribution in [0, 0.1) is 0 Å². The van der Waals surface area contributed by atoms with Crippen molar-refractivity contribution in [2.45, 2.75) is 43.5 Å². The Kier molecular flexibility index (Phi) is 4.36. The van der Waals surface area contributed by atoms with Gasteiger partial charge in [-0.05, 0) is 42.5 Å². The normalized spacial score (nSPS) is 17.7. The zero-order valence-electron chi connectivity index (χ0n) is 11.3. The molecule has 8 heteroatoms. The maximum absolute atomic E-state index is 12.4. The van der Waals surface area contributed by atoms with Gasteiger partial charge in [-0.3, -0.25) is 4.72 Å². The first-order valence-electron chi connectivity index (χ1n) is 6.68. The highest BCUT2D eigenvalue weighted by Crippen LogP contribution is 2.35. The van der Waals surface area contributed by atoms with Gasteiger partial charge in [0, 0.05) is 5.69 Å². The Morgan fingerprint density at radius 2 is 1.71 bits per heavy atom. The van der Waals surface area contributed by atoms with E-state index >= 15 is 0 Å². The fourth-order valence-electron chi connectivity index (χ4n) is 2.62. The molecule has 1 fully saturated rings. The van der Waals surface area contributed by atoms with E-state index in [1.807, 2.05) is 0 Å². The minimum atomic E-state index is -5.42. The van der Waals surface area contributed by atoms with Gasteiger partial charge in [0.2, 0.25) is 0 Å². The lowest BCUT2D eigenvalue weighted by Crippen LogP contribution is -2.30. The topological polar surface area (TPSA) is 72.2 Å². The fraction of sp³-hybridized carbons (Fsp3) is 0.538. The molecular formula is C13H17F3N2O2S. The van der Waals surface area contributed by atoms with Crippen LogP contribution in [-0.4, -0.2) is 13.9 Å². The van der Waals surface area contributed by atoms with Gasteiger partial charge in [-0.15, -0.1) is 0 Å². The average Bonchev–Trinajstić information content (AvgIpc) is 2.37. The summed E-state index contributed by atoms with van der Waals surface area (Å²) in [5.41, 5.74) is 1.22. The number of nitrogen functional groups attached to an aromatic ring is 1. The van der Waals surface area contributed by atoms with E-state index in [-0.39, 0.29) is 17.3 Å². The summed E-state index contributed by atoms with van der Waals surface area (Å²) < 4.78 is 61.0. The highest BCUT2D eigenvalue weighted by molar-refractivity contribution is 7.93. The Hall–Kier alpha value is -1.44. The Labute approximate surface area is 121 Å². The Bertz CT molecular complexity index is 608. The number of alkyl halides is 3. The van der Waals surface area contributed by atoms with Crippen molar-refractivity contribution in [3.63, 3.8) is 0 Å². The molecule has 0 amide bonds. The Balaban J connectivity index is 2.27. The molecule has 0 aliphatic heterocycles. The number of hydrogen-bond acceptors (Lipinski definition) is 3. The lowest BCUT2D eigenvalue weighted by atomic mass is 9.84. The van der Waals surface area contributed by atoms with Gasteiger partial charge < -0.3 is 5.73 Å². The molecule has 0 aromatic heterocycles. The van der Waals surface area contributed by atoms with Crippen LogP contribution in [-0.2, 0) is 10.0 Å². The summed E-state index contributed by atoms with van der Waals surface area (Å²) in [4.78, 5) is 0. The number of halogens is 3. The zero-order chi connectivity index (χ0) is 15.7. The average molecular weight is 322 g/mol. The molecule has 0 spiro atoms. The van der Waals surface area contributed by atoms with Crippen LogP contribution in [0.15, 0.2) is 18.2 Å². The maximum atomic E-state index is 12.4. The highest BCUT2D eigenvalue weighted by atomic mass is 32.2. The second-order valence-corrected chi connectivity index (χ2v) is 6.95. The van der Waals surface area contributed by atoms with Crippen LogP contribution >= 0.6 is 0 Å². The molecule has 0 saturated heterocycles. The van der Waals surface area contributed by atoms with E-state index in [9.17, 15) is 21.6 Å². The molecule has 0 unspecified atom stereocenters. The second kappa shape index (κ2) is 5.75. The van der Waals surface area contributed by atoms with Crippen molar-refractivity contribution in [1.82, 2.24) is 0 Å². The molecule has 118 valence electrons. The first kappa shape index (κ1) is 15.9. The highest BCUT2D eigenvalue weighted by Gasteiger charge is 2.46. The van der Waals surface area contributed by atoms with E-state index in [0.29, 0.717) is 0 Å². The van der Waals surface area contributed by atoms with E-state index in [4.69, 9.17) is 5.73 Å². The van der Waals surface area contributed by atoms with Gasteiger partial charge in [0.05, 0.1) is 5.69 Å². The Morgan fingerprint density at radius 1 is 1.10 bits per heavy atom. The second-order valence-electron chi connectivity index (χ2n) is 5.27. The van der Waals surface area contributed by atoms with E-state index in [1.54, 1.807) is 10.8 Å². The molecule has 0 bridgehead atoms. The summed E-state index contributed by atoms with van der Waals surface area (Å²) in [6.45, 7) is 0. The van der Waals surface area contributed by atoms with Crippen LogP contribution in [0.3, 0.4) is 0 Å². The van der Waals surface area contributed by atoms with Crippen LogP contribution in [0.2, 0.25) is 0 Å². The molecule has 1 aliphatic rings. The summed E-state index contributed by atoms with van der Waals surface area (Å²) in [7, 11) is -5.42. The molecule has 1 saturated carbocycles. The fourth-order valence-corrected chi connectivity index (χ4v) is 3.16. The molecule has 1 aromatic carbocycles. The standard InChI is InChI=1S/C13H17F3N2O2S/c14-13(15,16)21(19,20)18-12-7-10(6-11(17)8-12)9-4-2-1-3-5-9/h6-9,18H,1-5,17H2. The van der Waals surface area contributed by atoms with Gasteiger partial charge in [-0.25, -0.2) is 0 Å². The van der Waals surface area contributed by atoms with Gasteiger partial charge in [0.25, 0.3) is 0 Å². The molecule has 2 rings (SSSR count). The van der Waals surface area contributed by atoms with Crippen molar-refractivity contribution in [2.75, 3.05) is 10.5 Å². The lowest BCUT2D eigenvalue weighted by molar-refractivity contribution is -0.0429. The lowest BCUT2D eigenvalue weighted by Gasteiger charge is -2.23. The van der Waals surface area contributed by atoms with Gasteiger partial charge in [-0.2, -0.15) is 21.6 Å². The summed E-state index contributed by atoms with van der Waals surface area (Å²) in [6.07, 6.45) is 5.14. The smallest absolute Gasteiger partial charge is 0.399 e. The minimum absolute atomic E-state index is 0.145. The van der Waals surface area contributed by atoms with E-state index in [0.717, 1.165) is 37.7 Å². The molecule has 0 atom stereocenters. The minimum Gasteiger partial charge on any atom is -0.399 e. The Morgan fingerprint density at radius 3 is 2.29 bits per heavy atom. The summed E-state index contributed by atoms with van der Waals surface area (Å²) in [6, 6.07) is 4.33. The van der Waals surface area contributed by atoms with Gasteiger partial charge in [0.15, 0.2) is 0 Å². The molecule has 21 heavy (non-hydrogen) atoms. The SMILES string of the molecule is Nc1cc(NS(=O)(=O)C(F)(F)F)cc(C2CCCCC2)c1. The number of sulfonamides is 1. The van der Waals surface area contributed by atoms with Crippen molar-refractivity contribution >= 4 is 21.4 Å². The number of anilines is 2. The van der Waals surface area contributed by atoms with Crippen molar-refractivity contribution < 1.29 is 21.6 Å². The molecule has 4 nitrogen and oxygen atoms in total. The third kappa shape index (κ3) is 3.81. The predicted molar refractivity (Wildman–Crippen MR) is 75.3 cm³/mol. The van der Waals surface area contributed by atoms with Crippen molar-refractivity contribution in [3.8, 4) is 0 Å². The van der Waals surface area contributed by atoms with E-state index < -0.39 is 15.5 Å². The number of rotatable bonds is 3. The van der Waals surface area contributed by atoms with Gasteiger partial charge in [-0.1, -0.05) is 19.3 Å². The molecular weight excluding hydrogens is 305 g/mol. The van der Waals surface area contributed by atoms with Crippen molar-refractivity contribution in [2.24, 2.45) is 0 Å². The van der Waals surface area contributed by atoms with Gasteiger partial charge >= 0.3 is 15.5 Å². The van der Waals surface area contributed by atoms with E-state index in [2.05, 4.69) is 0 Å². The van der Waals surface area contributed by atoms with Crippen molar-refractivity contribution in [1.29, 1.82) is 0 Å². The molecule has 1 aliphatic carbocycles. The van der Waals surface area contributed by atoms with Crippen LogP contribution in [0.4, 0.5) is 24.5 Å². The number of benzene rings is 1. The molecule has 0 heterocycles. The van der Waals surface area contributed by atoms with Crippen LogP contribution < -0.4 is 10.5 Å². The monoisotopic (exact) mass is 322 g/mol. The summed E-state index contributed by atoms with van der Waals surface area (Å²) in [5, 5.41) is 0. The van der Waals surface area contributed by atoms with E-state index in [1.165, 1.54) is 12.1 Å². The summed E-state index contributed by atoms with van der Waals surface area (Å²) in [5.74, 6) is 0.219. The largest absolute Gasteiger partial charge is 0.516 e. The van der Waals surface area contributed by atoms with Crippen LogP contribution in [0.25, 0.3) is 0 Å². The number of nitrogens with one attached hydrogen (secondary N) is 1. The first-order chi connectivity index (χ1) is 9.69. The number of hydrogen-bond donors (Lipinski definition) is 2. The third-order valence-corrected chi connectivity index (χ3v) is 4.73. The van der Waals surface area contributed by atoms with Gasteiger partial charge in [0.1, 0.15) is 0 Å². The zero-order valence-corrected chi connectivity index (χ0v) is 12.1.